The second kappa shape index (κ2) is 11.9. The number of nitrogens with one attached hydrogen (secondary N) is 1. The molecule has 8 heteroatoms. The molecular formula is C28H36ClN3O3S. The molecule has 0 spiro atoms. The van der Waals surface area contributed by atoms with E-state index < -0.39 is 10.0 Å². The van der Waals surface area contributed by atoms with Crippen molar-refractivity contribution >= 4 is 39.2 Å². The summed E-state index contributed by atoms with van der Waals surface area (Å²) < 4.78 is 25.8. The van der Waals surface area contributed by atoms with E-state index in [1.54, 1.807) is 4.31 Å². The summed E-state index contributed by atoms with van der Waals surface area (Å²) in [6, 6.07) is 10.2. The zero-order chi connectivity index (χ0) is 25.7. The number of piperidine rings is 1. The highest BCUT2D eigenvalue weighted by atomic mass is 35.5. The predicted molar refractivity (Wildman–Crippen MR) is 146 cm³/mol. The maximum absolute atomic E-state index is 12.1. The zero-order valence-electron chi connectivity index (χ0n) is 21.2. The van der Waals surface area contributed by atoms with Gasteiger partial charge in [-0.3, -0.25) is 9.78 Å². The third-order valence-corrected chi connectivity index (χ3v) is 8.87. The molecule has 1 aliphatic carbocycles. The summed E-state index contributed by atoms with van der Waals surface area (Å²) in [7, 11) is -3.19. The molecule has 0 radical (unpaired) electrons. The third kappa shape index (κ3) is 6.36. The fraction of sp³-hybridized carbons (Fsp3) is 0.500. The Kier molecular flexibility index (Phi) is 8.86. The Morgan fingerprint density at radius 3 is 2.69 bits per heavy atom. The first-order valence-corrected chi connectivity index (χ1v) is 15.2. The number of allylic oxidation sites excluding steroid dienone is 1. The molecule has 1 atom stereocenters. The largest absolute Gasteiger partial charge is 0.356 e. The van der Waals surface area contributed by atoms with Crippen molar-refractivity contribution in [1.82, 2.24) is 14.6 Å². The lowest BCUT2D eigenvalue weighted by molar-refractivity contribution is -0.121. The van der Waals surface area contributed by atoms with E-state index in [2.05, 4.69) is 30.4 Å². The molecule has 4 rings (SSSR count). The summed E-state index contributed by atoms with van der Waals surface area (Å²) in [5.74, 6) is 0.464. The first kappa shape index (κ1) is 26.8. The van der Waals surface area contributed by atoms with Gasteiger partial charge < -0.3 is 5.32 Å². The molecule has 36 heavy (non-hydrogen) atoms. The molecule has 0 saturated carbocycles. The molecule has 1 unspecified atom stereocenters. The summed E-state index contributed by atoms with van der Waals surface area (Å²) >= 11 is 6.43. The highest BCUT2D eigenvalue weighted by Crippen LogP contribution is 2.45. The van der Waals surface area contributed by atoms with Crippen LogP contribution in [0.15, 0.2) is 36.5 Å². The van der Waals surface area contributed by atoms with Crippen LogP contribution >= 0.6 is 11.6 Å². The number of nitrogens with zero attached hydrogens (tertiary/aromatic N) is 2. The van der Waals surface area contributed by atoms with Crippen molar-refractivity contribution in [2.24, 2.45) is 5.92 Å². The first-order chi connectivity index (χ1) is 17.3. The second-order valence-corrected chi connectivity index (χ2v) is 12.3. The van der Waals surface area contributed by atoms with Crippen LogP contribution in [0.2, 0.25) is 5.02 Å². The molecular weight excluding hydrogens is 494 g/mol. The van der Waals surface area contributed by atoms with E-state index in [0.717, 1.165) is 55.3 Å². The van der Waals surface area contributed by atoms with E-state index in [1.165, 1.54) is 17.4 Å². The Bertz CT molecular complexity index is 1220. The molecule has 6 nitrogen and oxygen atoms in total. The highest BCUT2D eigenvalue weighted by molar-refractivity contribution is 7.88. The van der Waals surface area contributed by atoms with Gasteiger partial charge in [-0.1, -0.05) is 43.2 Å². The molecule has 194 valence electrons. The van der Waals surface area contributed by atoms with Crippen molar-refractivity contribution in [3.63, 3.8) is 0 Å². The molecule has 2 aromatic rings. The van der Waals surface area contributed by atoms with E-state index in [4.69, 9.17) is 16.6 Å². The molecule has 1 aromatic heterocycles. The van der Waals surface area contributed by atoms with E-state index in [9.17, 15) is 13.2 Å². The van der Waals surface area contributed by atoms with Gasteiger partial charge >= 0.3 is 0 Å². The van der Waals surface area contributed by atoms with Crippen LogP contribution in [0.25, 0.3) is 11.6 Å². The standard InChI is InChI=1S/C28H36ClN3O3S/c1-3-4-9-26(33)30-14-5-7-21-18-22-19-23(29)10-11-24(22)27(28-25(21)8-6-15-31-28)20-12-16-32(17-13-20)36(2,34)35/h6,8,10-11,15,18-20,27H,3-5,7,9,12-14,16-17H2,1-2H3,(H,30,33). The average molecular weight is 530 g/mol. The Hall–Kier alpha value is -2.22. The molecule has 1 aromatic carbocycles. The van der Waals surface area contributed by atoms with Crippen LogP contribution in [0.5, 0.6) is 0 Å². The molecule has 1 amide bonds. The molecule has 2 aliphatic rings. The summed E-state index contributed by atoms with van der Waals surface area (Å²) in [5, 5.41) is 3.74. The highest BCUT2D eigenvalue weighted by Gasteiger charge is 2.35. The number of carbonyl (C=O) groups is 1. The van der Waals surface area contributed by atoms with Crippen LogP contribution in [0, 0.1) is 5.92 Å². The monoisotopic (exact) mass is 529 g/mol. The summed E-state index contributed by atoms with van der Waals surface area (Å²) in [4.78, 5) is 16.9. The quantitative estimate of drug-likeness (QED) is 0.436. The smallest absolute Gasteiger partial charge is 0.219 e. The van der Waals surface area contributed by atoms with Gasteiger partial charge in [0.15, 0.2) is 0 Å². The van der Waals surface area contributed by atoms with Gasteiger partial charge in [-0.2, -0.15) is 0 Å². The van der Waals surface area contributed by atoms with Crippen LogP contribution in [-0.2, 0) is 14.8 Å². The lowest BCUT2D eigenvalue weighted by Crippen LogP contribution is -2.39. The van der Waals surface area contributed by atoms with Gasteiger partial charge in [-0.05, 0) is 78.5 Å². The number of sulfonamides is 1. The summed E-state index contributed by atoms with van der Waals surface area (Å²) in [5.41, 5.74) is 5.67. The molecule has 1 saturated heterocycles. The number of amides is 1. The summed E-state index contributed by atoms with van der Waals surface area (Å²) in [6.07, 6.45) is 11.1. The third-order valence-electron chi connectivity index (χ3n) is 7.33. The Morgan fingerprint density at radius 1 is 1.19 bits per heavy atom. The molecule has 1 N–H and O–H groups in total. The number of hydrogen-bond donors (Lipinski definition) is 1. The lowest BCUT2D eigenvalue weighted by Gasteiger charge is -2.35. The number of unbranched alkanes of at least 4 members (excludes halogenated alkanes) is 1. The normalized spacial score (nSPS) is 18.6. The van der Waals surface area contributed by atoms with E-state index in [0.29, 0.717) is 31.1 Å². The fourth-order valence-electron chi connectivity index (χ4n) is 5.46. The molecule has 2 heterocycles. The van der Waals surface area contributed by atoms with Crippen molar-refractivity contribution in [3.8, 4) is 0 Å². The van der Waals surface area contributed by atoms with E-state index in [-0.39, 0.29) is 17.7 Å². The Morgan fingerprint density at radius 2 is 1.97 bits per heavy atom. The van der Waals surface area contributed by atoms with Crippen molar-refractivity contribution in [2.45, 2.75) is 57.8 Å². The van der Waals surface area contributed by atoms with Crippen LogP contribution in [0.4, 0.5) is 0 Å². The van der Waals surface area contributed by atoms with Crippen LogP contribution in [0.1, 0.15) is 80.2 Å². The van der Waals surface area contributed by atoms with Gasteiger partial charge in [-0.25, -0.2) is 12.7 Å². The van der Waals surface area contributed by atoms with Gasteiger partial charge in [-0.15, -0.1) is 0 Å². The predicted octanol–water partition coefficient (Wildman–Crippen LogP) is 5.48. The van der Waals surface area contributed by atoms with Crippen LogP contribution in [-0.4, -0.2) is 49.5 Å². The number of carbonyl (C=O) groups excluding carboxylic acids is 1. The first-order valence-electron chi connectivity index (χ1n) is 12.9. The number of rotatable bonds is 9. The number of pyridine rings is 1. The molecule has 1 aliphatic heterocycles. The van der Waals surface area contributed by atoms with Gasteiger partial charge in [0.25, 0.3) is 0 Å². The van der Waals surface area contributed by atoms with Crippen molar-refractivity contribution in [1.29, 1.82) is 0 Å². The molecule has 0 bridgehead atoms. The zero-order valence-corrected chi connectivity index (χ0v) is 22.7. The number of fused-ring (bicyclic) bond motifs is 2. The number of halogens is 1. The molecule has 1 fully saturated rings. The van der Waals surface area contributed by atoms with Crippen LogP contribution in [0.3, 0.4) is 0 Å². The minimum atomic E-state index is -3.19. The maximum Gasteiger partial charge on any atom is 0.219 e. The summed E-state index contributed by atoms with van der Waals surface area (Å²) in [6.45, 7) is 3.79. The van der Waals surface area contributed by atoms with Gasteiger partial charge in [0.05, 0.1) is 11.9 Å². The number of aromatic nitrogens is 1. The van der Waals surface area contributed by atoms with Gasteiger partial charge in [0.2, 0.25) is 15.9 Å². The van der Waals surface area contributed by atoms with Crippen molar-refractivity contribution < 1.29 is 13.2 Å². The lowest BCUT2D eigenvalue weighted by atomic mass is 9.76. The van der Waals surface area contributed by atoms with E-state index in [1.807, 2.05) is 24.4 Å². The minimum absolute atomic E-state index is 0.0673. The average Bonchev–Trinajstić information content (AvgIpc) is 2.99. The Balaban J connectivity index is 1.61. The van der Waals surface area contributed by atoms with Crippen molar-refractivity contribution in [2.75, 3.05) is 25.9 Å². The fourth-order valence-corrected chi connectivity index (χ4v) is 6.52. The second-order valence-electron chi connectivity index (χ2n) is 9.91. The minimum Gasteiger partial charge on any atom is -0.356 e. The van der Waals surface area contributed by atoms with Crippen LogP contribution < -0.4 is 5.32 Å². The SMILES string of the molecule is CCCCC(=O)NCCCC1=Cc2cc(Cl)ccc2C(C2CCN(S(C)(=O)=O)CC2)c2ncccc21. The van der Waals surface area contributed by atoms with E-state index >= 15 is 0 Å². The number of hydrogen-bond acceptors (Lipinski definition) is 4. The topological polar surface area (TPSA) is 79.4 Å². The van der Waals surface area contributed by atoms with Crippen molar-refractivity contribution in [3.05, 3.63) is 63.9 Å². The number of benzene rings is 1. The van der Waals surface area contributed by atoms with Gasteiger partial charge in [0, 0.05) is 43.2 Å². The van der Waals surface area contributed by atoms with Gasteiger partial charge in [0.1, 0.15) is 0 Å². The maximum atomic E-state index is 12.1. The Labute approximate surface area is 220 Å².